The molecule has 100 valence electrons. The molecule has 0 saturated carbocycles. The third-order valence-electron chi connectivity index (χ3n) is 3.56. The summed E-state index contributed by atoms with van der Waals surface area (Å²) in [4.78, 5) is 1.98. The number of ether oxygens (including phenoxy) is 1. The molecule has 1 aromatic rings. The molecule has 0 bridgehead atoms. The second-order valence-corrected chi connectivity index (χ2v) is 5.15. The van der Waals surface area contributed by atoms with Gasteiger partial charge in [-0.15, -0.1) is 0 Å². The van der Waals surface area contributed by atoms with Crippen LogP contribution in [0.15, 0.2) is 24.3 Å². The zero-order valence-corrected chi connectivity index (χ0v) is 10.7. The minimum atomic E-state index is -0.239. The van der Waals surface area contributed by atoms with Gasteiger partial charge in [-0.1, -0.05) is 6.07 Å². The van der Waals surface area contributed by atoms with Crippen molar-refractivity contribution in [3.63, 3.8) is 0 Å². The van der Waals surface area contributed by atoms with Crippen LogP contribution in [0.3, 0.4) is 0 Å². The van der Waals surface area contributed by atoms with Crippen LogP contribution >= 0.6 is 0 Å². The fourth-order valence-corrected chi connectivity index (χ4v) is 2.52. The van der Waals surface area contributed by atoms with Crippen molar-refractivity contribution in [2.45, 2.75) is 12.8 Å². The Morgan fingerprint density at radius 2 is 2.33 bits per heavy atom. The van der Waals surface area contributed by atoms with E-state index in [2.05, 4.69) is 0 Å². The van der Waals surface area contributed by atoms with E-state index in [1.54, 1.807) is 6.07 Å². The molecule has 1 fully saturated rings. The first-order chi connectivity index (χ1) is 8.65. The Kier molecular flexibility index (Phi) is 4.19. The second-order valence-electron chi connectivity index (χ2n) is 5.15. The number of hydrogen-bond donors (Lipinski definition) is 1. The SMILES string of the molecule is CN(CC1(CO)CCCOC1)c1cccc(F)c1. The van der Waals surface area contributed by atoms with Crippen molar-refractivity contribution in [3.8, 4) is 0 Å². The number of nitrogens with zero attached hydrogens (tertiary/aromatic N) is 1. The van der Waals surface area contributed by atoms with Gasteiger partial charge >= 0.3 is 0 Å². The van der Waals surface area contributed by atoms with Gasteiger partial charge in [-0.25, -0.2) is 4.39 Å². The highest BCUT2D eigenvalue weighted by molar-refractivity contribution is 5.45. The summed E-state index contributed by atoms with van der Waals surface area (Å²) >= 11 is 0. The van der Waals surface area contributed by atoms with E-state index in [1.807, 2.05) is 18.0 Å². The van der Waals surface area contributed by atoms with Gasteiger partial charge in [-0.2, -0.15) is 0 Å². The summed E-state index contributed by atoms with van der Waals surface area (Å²) in [7, 11) is 1.92. The molecule has 0 aromatic heterocycles. The third kappa shape index (κ3) is 3.00. The molecular formula is C14H20FNO2. The van der Waals surface area contributed by atoms with Gasteiger partial charge in [0.1, 0.15) is 5.82 Å². The van der Waals surface area contributed by atoms with Crippen molar-refractivity contribution in [1.82, 2.24) is 0 Å². The normalized spacial score (nSPS) is 23.9. The zero-order chi connectivity index (χ0) is 13.0. The van der Waals surface area contributed by atoms with Crippen LogP contribution in [0.5, 0.6) is 0 Å². The van der Waals surface area contributed by atoms with Gasteiger partial charge in [0.2, 0.25) is 0 Å². The molecule has 1 aromatic carbocycles. The summed E-state index contributed by atoms with van der Waals surface area (Å²) in [5.74, 6) is -0.239. The van der Waals surface area contributed by atoms with Gasteiger partial charge in [0.05, 0.1) is 13.2 Å². The van der Waals surface area contributed by atoms with Crippen molar-refractivity contribution >= 4 is 5.69 Å². The number of anilines is 1. The van der Waals surface area contributed by atoms with Gasteiger partial charge in [-0.05, 0) is 31.0 Å². The first-order valence-corrected chi connectivity index (χ1v) is 6.31. The van der Waals surface area contributed by atoms with Gasteiger partial charge in [0.25, 0.3) is 0 Å². The molecule has 0 spiro atoms. The molecule has 18 heavy (non-hydrogen) atoms. The molecule has 4 heteroatoms. The molecule has 1 saturated heterocycles. The number of aliphatic hydroxyl groups excluding tert-OH is 1. The number of benzene rings is 1. The largest absolute Gasteiger partial charge is 0.396 e. The molecular weight excluding hydrogens is 233 g/mol. The van der Waals surface area contributed by atoms with Gasteiger partial charge < -0.3 is 14.7 Å². The third-order valence-corrected chi connectivity index (χ3v) is 3.56. The van der Waals surface area contributed by atoms with E-state index in [0.29, 0.717) is 13.2 Å². The van der Waals surface area contributed by atoms with E-state index >= 15 is 0 Å². The lowest BCUT2D eigenvalue weighted by atomic mass is 9.83. The van der Waals surface area contributed by atoms with Gasteiger partial charge in [0, 0.05) is 31.3 Å². The number of rotatable bonds is 4. The van der Waals surface area contributed by atoms with Gasteiger partial charge in [-0.3, -0.25) is 0 Å². The van der Waals surface area contributed by atoms with Crippen LogP contribution in [-0.2, 0) is 4.74 Å². The topological polar surface area (TPSA) is 32.7 Å². The highest BCUT2D eigenvalue weighted by Gasteiger charge is 2.33. The van der Waals surface area contributed by atoms with Crippen LogP contribution in [0.2, 0.25) is 0 Å². The Bertz CT molecular complexity index is 391. The smallest absolute Gasteiger partial charge is 0.125 e. The highest BCUT2D eigenvalue weighted by atomic mass is 19.1. The molecule has 1 heterocycles. The summed E-state index contributed by atoms with van der Waals surface area (Å²) in [6, 6.07) is 6.51. The Morgan fingerprint density at radius 1 is 1.50 bits per heavy atom. The Labute approximate surface area is 107 Å². The quantitative estimate of drug-likeness (QED) is 0.891. The van der Waals surface area contributed by atoms with Crippen molar-refractivity contribution in [2.75, 3.05) is 38.3 Å². The maximum Gasteiger partial charge on any atom is 0.125 e. The molecule has 0 amide bonds. The van der Waals surface area contributed by atoms with Crippen LogP contribution in [-0.4, -0.2) is 38.5 Å². The minimum absolute atomic E-state index is 0.104. The number of halogens is 1. The molecule has 1 N–H and O–H groups in total. The number of aliphatic hydroxyl groups is 1. The van der Waals surface area contributed by atoms with E-state index in [-0.39, 0.29) is 17.8 Å². The first-order valence-electron chi connectivity index (χ1n) is 6.31. The lowest BCUT2D eigenvalue weighted by Gasteiger charge is -2.39. The maximum absolute atomic E-state index is 13.2. The molecule has 0 aliphatic carbocycles. The van der Waals surface area contributed by atoms with E-state index < -0.39 is 0 Å². The second kappa shape index (κ2) is 5.67. The van der Waals surface area contributed by atoms with Gasteiger partial charge in [0.15, 0.2) is 0 Å². The van der Waals surface area contributed by atoms with Crippen LogP contribution < -0.4 is 4.90 Å². The van der Waals surface area contributed by atoms with E-state index in [9.17, 15) is 9.50 Å². The standard InChI is InChI=1S/C14H20FNO2/c1-16(13-5-2-4-12(15)8-13)9-14(10-17)6-3-7-18-11-14/h2,4-5,8,17H,3,6-7,9-11H2,1H3. The predicted octanol–water partition coefficient (Wildman–Crippen LogP) is 2.05. The molecule has 1 aliphatic heterocycles. The van der Waals surface area contributed by atoms with Crippen LogP contribution in [0.4, 0.5) is 10.1 Å². The van der Waals surface area contributed by atoms with E-state index in [1.165, 1.54) is 12.1 Å². The zero-order valence-electron chi connectivity index (χ0n) is 10.7. The van der Waals surface area contributed by atoms with Crippen molar-refractivity contribution in [3.05, 3.63) is 30.1 Å². The Balaban J connectivity index is 2.07. The monoisotopic (exact) mass is 253 g/mol. The Morgan fingerprint density at radius 3 is 2.94 bits per heavy atom. The van der Waals surface area contributed by atoms with Crippen LogP contribution in [0.1, 0.15) is 12.8 Å². The van der Waals surface area contributed by atoms with Crippen LogP contribution in [0.25, 0.3) is 0 Å². The average Bonchev–Trinajstić information content (AvgIpc) is 2.40. The summed E-state index contributed by atoms with van der Waals surface area (Å²) < 4.78 is 18.7. The summed E-state index contributed by atoms with van der Waals surface area (Å²) in [6.07, 6.45) is 1.92. The predicted molar refractivity (Wildman–Crippen MR) is 69.2 cm³/mol. The molecule has 1 unspecified atom stereocenters. The molecule has 1 aliphatic rings. The first kappa shape index (κ1) is 13.3. The number of hydrogen-bond acceptors (Lipinski definition) is 3. The summed E-state index contributed by atoms with van der Waals surface area (Å²) in [5.41, 5.74) is 0.604. The minimum Gasteiger partial charge on any atom is -0.396 e. The average molecular weight is 253 g/mol. The van der Waals surface area contributed by atoms with Crippen molar-refractivity contribution in [1.29, 1.82) is 0 Å². The lowest BCUT2D eigenvalue weighted by Crippen LogP contribution is -2.44. The lowest BCUT2D eigenvalue weighted by molar-refractivity contribution is -0.0331. The van der Waals surface area contributed by atoms with E-state index in [4.69, 9.17) is 4.74 Å². The highest BCUT2D eigenvalue weighted by Crippen LogP contribution is 2.30. The maximum atomic E-state index is 13.2. The van der Waals surface area contributed by atoms with E-state index in [0.717, 1.165) is 25.1 Å². The van der Waals surface area contributed by atoms with Crippen molar-refractivity contribution in [2.24, 2.45) is 5.41 Å². The fourth-order valence-electron chi connectivity index (χ4n) is 2.52. The van der Waals surface area contributed by atoms with Crippen LogP contribution in [0, 0.1) is 11.2 Å². The molecule has 1 atom stereocenters. The fraction of sp³-hybridized carbons (Fsp3) is 0.571. The summed E-state index contributed by atoms with van der Waals surface area (Å²) in [5, 5.41) is 9.61. The Hall–Kier alpha value is -1.13. The summed E-state index contributed by atoms with van der Waals surface area (Å²) in [6.45, 7) is 2.12. The molecule has 2 rings (SSSR count). The molecule has 3 nitrogen and oxygen atoms in total. The molecule has 0 radical (unpaired) electrons. The van der Waals surface area contributed by atoms with Crippen molar-refractivity contribution < 1.29 is 14.2 Å².